The van der Waals surface area contributed by atoms with Crippen molar-refractivity contribution in [3.63, 3.8) is 0 Å². The minimum Gasteiger partial charge on any atom is -0.497 e. The molecule has 3 aromatic rings. The number of hydrogen-bond donors (Lipinski definition) is 0. The Labute approximate surface area is 166 Å². The number of rotatable bonds is 8. The van der Waals surface area contributed by atoms with Crippen molar-refractivity contribution in [3.05, 3.63) is 95.8 Å². The van der Waals surface area contributed by atoms with Gasteiger partial charge in [0, 0.05) is 26.0 Å². The van der Waals surface area contributed by atoms with Crippen LogP contribution in [0.1, 0.15) is 22.6 Å². The van der Waals surface area contributed by atoms with Crippen molar-refractivity contribution >= 4 is 5.91 Å². The standard InChI is InChI=1S/C24H26N2O2/c1-26(16-13-19-11-14-25-15-12-19)24(27)23(17-20-7-4-3-5-8-20)21-9-6-10-22(18-21)28-2/h3-12,14-15,18,23H,13,16-17H2,1-2H3. The monoisotopic (exact) mass is 374 g/mol. The third-order valence-corrected chi connectivity index (χ3v) is 4.94. The van der Waals surface area contributed by atoms with Gasteiger partial charge in [-0.1, -0.05) is 42.5 Å². The van der Waals surface area contributed by atoms with Gasteiger partial charge < -0.3 is 9.64 Å². The number of amides is 1. The Kier molecular flexibility index (Phi) is 6.79. The summed E-state index contributed by atoms with van der Waals surface area (Å²) < 4.78 is 5.37. The van der Waals surface area contributed by atoms with Gasteiger partial charge in [-0.05, 0) is 53.8 Å². The summed E-state index contributed by atoms with van der Waals surface area (Å²) in [7, 11) is 3.52. The average Bonchev–Trinajstić information content (AvgIpc) is 2.76. The molecule has 28 heavy (non-hydrogen) atoms. The van der Waals surface area contributed by atoms with E-state index in [1.165, 1.54) is 5.56 Å². The summed E-state index contributed by atoms with van der Waals surface area (Å²) in [5, 5.41) is 0. The number of ether oxygens (including phenoxy) is 1. The first-order valence-electron chi connectivity index (χ1n) is 9.49. The average molecular weight is 374 g/mol. The largest absolute Gasteiger partial charge is 0.497 e. The van der Waals surface area contributed by atoms with E-state index in [0.717, 1.165) is 23.3 Å². The van der Waals surface area contributed by atoms with Gasteiger partial charge in [0.25, 0.3) is 0 Å². The molecule has 0 saturated heterocycles. The number of likely N-dealkylation sites (N-methyl/N-ethyl adjacent to an activating group) is 1. The lowest BCUT2D eigenvalue weighted by molar-refractivity contribution is -0.131. The number of methoxy groups -OCH3 is 1. The lowest BCUT2D eigenvalue weighted by Crippen LogP contribution is -2.34. The van der Waals surface area contributed by atoms with Crippen LogP contribution < -0.4 is 4.74 Å². The highest BCUT2D eigenvalue weighted by Gasteiger charge is 2.24. The van der Waals surface area contributed by atoms with Gasteiger partial charge in [-0.25, -0.2) is 0 Å². The number of hydrogen-bond acceptors (Lipinski definition) is 3. The molecule has 0 N–H and O–H groups in total. The van der Waals surface area contributed by atoms with E-state index in [4.69, 9.17) is 4.74 Å². The van der Waals surface area contributed by atoms with Crippen molar-refractivity contribution in [2.45, 2.75) is 18.8 Å². The van der Waals surface area contributed by atoms with E-state index >= 15 is 0 Å². The van der Waals surface area contributed by atoms with Gasteiger partial charge >= 0.3 is 0 Å². The highest BCUT2D eigenvalue weighted by molar-refractivity contribution is 5.84. The van der Waals surface area contributed by atoms with Gasteiger partial charge in [-0.15, -0.1) is 0 Å². The van der Waals surface area contributed by atoms with Crippen LogP contribution >= 0.6 is 0 Å². The second kappa shape index (κ2) is 9.70. The number of carbonyl (C=O) groups excluding carboxylic acids is 1. The van der Waals surface area contributed by atoms with E-state index < -0.39 is 0 Å². The quantitative estimate of drug-likeness (QED) is 0.596. The second-order valence-electron chi connectivity index (χ2n) is 6.88. The molecule has 144 valence electrons. The number of aromatic nitrogens is 1. The zero-order valence-corrected chi connectivity index (χ0v) is 16.4. The Balaban J connectivity index is 1.79. The smallest absolute Gasteiger partial charge is 0.230 e. The molecule has 0 aliphatic heterocycles. The molecule has 0 bridgehead atoms. The van der Waals surface area contributed by atoms with Gasteiger partial charge in [0.1, 0.15) is 5.75 Å². The molecule has 0 spiro atoms. The lowest BCUT2D eigenvalue weighted by Gasteiger charge is -2.25. The predicted octanol–water partition coefficient (Wildman–Crippen LogP) is 4.12. The van der Waals surface area contributed by atoms with Gasteiger partial charge in [0.05, 0.1) is 13.0 Å². The van der Waals surface area contributed by atoms with E-state index in [1.807, 2.05) is 66.5 Å². The van der Waals surface area contributed by atoms with Crippen molar-refractivity contribution in [2.24, 2.45) is 0 Å². The van der Waals surface area contributed by atoms with Crippen molar-refractivity contribution < 1.29 is 9.53 Å². The van der Waals surface area contributed by atoms with Crippen LogP contribution in [0.25, 0.3) is 0 Å². The maximum absolute atomic E-state index is 13.3. The van der Waals surface area contributed by atoms with Crippen LogP contribution in [-0.2, 0) is 17.6 Å². The molecular weight excluding hydrogens is 348 g/mol. The first-order chi connectivity index (χ1) is 13.7. The molecule has 2 aromatic carbocycles. The molecule has 1 amide bonds. The number of pyridine rings is 1. The molecule has 0 radical (unpaired) electrons. The Hall–Kier alpha value is -3.14. The first-order valence-corrected chi connectivity index (χ1v) is 9.49. The van der Waals surface area contributed by atoms with Crippen molar-refractivity contribution in [1.29, 1.82) is 0 Å². The van der Waals surface area contributed by atoms with Crippen LogP contribution in [0.3, 0.4) is 0 Å². The molecule has 4 heteroatoms. The SMILES string of the molecule is COc1cccc(C(Cc2ccccc2)C(=O)N(C)CCc2ccncc2)c1. The third-order valence-electron chi connectivity index (χ3n) is 4.94. The van der Waals surface area contributed by atoms with Gasteiger partial charge in [-0.2, -0.15) is 0 Å². The summed E-state index contributed by atoms with van der Waals surface area (Å²) in [5.41, 5.74) is 3.30. The summed E-state index contributed by atoms with van der Waals surface area (Å²) in [6.45, 7) is 0.665. The molecule has 0 aliphatic rings. The summed E-state index contributed by atoms with van der Waals surface area (Å²) in [5.74, 6) is 0.633. The summed E-state index contributed by atoms with van der Waals surface area (Å²) in [4.78, 5) is 19.2. The Bertz CT molecular complexity index is 881. The summed E-state index contributed by atoms with van der Waals surface area (Å²) >= 11 is 0. The second-order valence-corrected chi connectivity index (χ2v) is 6.88. The molecule has 4 nitrogen and oxygen atoms in total. The normalized spacial score (nSPS) is 11.6. The Morgan fingerprint density at radius 1 is 1.00 bits per heavy atom. The lowest BCUT2D eigenvalue weighted by atomic mass is 9.90. The fourth-order valence-corrected chi connectivity index (χ4v) is 3.28. The van der Waals surface area contributed by atoms with Crippen LogP contribution in [-0.4, -0.2) is 36.5 Å². The van der Waals surface area contributed by atoms with Gasteiger partial charge in [-0.3, -0.25) is 9.78 Å². The van der Waals surface area contributed by atoms with Crippen LogP contribution in [0.4, 0.5) is 0 Å². The summed E-state index contributed by atoms with van der Waals surface area (Å²) in [6.07, 6.45) is 5.03. The highest BCUT2D eigenvalue weighted by atomic mass is 16.5. The van der Waals surface area contributed by atoms with E-state index in [2.05, 4.69) is 17.1 Å². The molecule has 1 atom stereocenters. The molecule has 0 fully saturated rings. The zero-order valence-electron chi connectivity index (χ0n) is 16.4. The Morgan fingerprint density at radius 2 is 1.75 bits per heavy atom. The fraction of sp³-hybridized carbons (Fsp3) is 0.250. The molecule has 1 unspecified atom stereocenters. The van der Waals surface area contributed by atoms with Crippen LogP contribution in [0.5, 0.6) is 5.75 Å². The van der Waals surface area contributed by atoms with Crippen LogP contribution in [0.15, 0.2) is 79.1 Å². The highest BCUT2D eigenvalue weighted by Crippen LogP contribution is 2.26. The van der Waals surface area contributed by atoms with Gasteiger partial charge in [0.15, 0.2) is 0 Å². The number of carbonyl (C=O) groups is 1. The fourth-order valence-electron chi connectivity index (χ4n) is 3.28. The zero-order chi connectivity index (χ0) is 19.8. The number of benzene rings is 2. The maximum Gasteiger partial charge on any atom is 0.230 e. The molecule has 1 aromatic heterocycles. The van der Waals surface area contributed by atoms with Crippen molar-refractivity contribution in [2.75, 3.05) is 20.7 Å². The van der Waals surface area contributed by atoms with Crippen LogP contribution in [0, 0.1) is 0 Å². The van der Waals surface area contributed by atoms with E-state index in [9.17, 15) is 4.79 Å². The van der Waals surface area contributed by atoms with Crippen molar-refractivity contribution in [3.8, 4) is 5.75 Å². The number of nitrogens with zero attached hydrogens (tertiary/aromatic N) is 2. The molecule has 0 aliphatic carbocycles. The van der Waals surface area contributed by atoms with Gasteiger partial charge in [0.2, 0.25) is 5.91 Å². The Morgan fingerprint density at radius 3 is 2.46 bits per heavy atom. The minimum absolute atomic E-state index is 0.117. The first kappa shape index (κ1) is 19.6. The topological polar surface area (TPSA) is 42.4 Å². The van der Waals surface area contributed by atoms with E-state index in [-0.39, 0.29) is 11.8 Å². The third kappa shape index (κ3) is 5.19. The van der Waals surface area contributed by atoms with Crippen LogP contribution in [0.2, 0.25) is 0 Å². The van der Waals surface area contributed by atoms with E-state index in [0.29, 0.717) is 13.0 Å². The predicted molar refractivity (Wildman–Crippen MR) is 111 cm³/mol. The van der Waals surface area contributed by atoms with Crippen molar-refractivity contribution in [1.82, 2.24) is 9.88 Å². The molecular formula is C24H26N2O2. The minimum atomic E-state index is -0.250. The maximum atomic E-state index is 13.3. The van der Waals surface area contributed by atoms with E-state index in [1.54, 1.807) is 19.5 Å². The summed E-state index contributed by atoms with van der Waals surface area (Å²) in [6, 6.07) is 21.9. The molecule has 1 heterocycles. The molecule has 0 saturated carbocycles. The molecule has 3 rings (SSSR count).